The van der Waals surface area contributed by atoms with Crippen LogP contribution in [0.25, 0.3) is 0 Å². The molecule has 2 N–H and O–H groups in total. The maximum Gasteiger partial charge on any atom is 0.0512 e. The van der Waals surface area contributed by atoms with Gasteiger partial charge in [0.2, 0.25) is 0 Å². The number of halogens is 2. The van der Waals surface area contributed by atoms with Gasteiger partial charge >= 0.3 is 0 Å². The third kappa shape index (κ3) is 3.83. The Hall–Kier alpha value is -0.390. The van der Waals surface area contributed by atoms with E-state index in [0.717, 1.165) is 21.6 Å². The molecule has 2 unspecified atom stereocenters. The number of benzene rings is 1. The summed E-state index contributed by atoms with van der Waals surface area (Å²) in [6.45, 7) is 2.88. The molecule has 0 radical (unpaired) electrons. The Labute approximate surface area is 137 Å². The molecule has 5 heteroatoms. The van der Waals surface area contributed by atoms with Crippen LogP contribution in [0.15, 0.2) is 40.2 Å². The average molecular weight is 374 g/mol. The van der Waals surface area contributed by atoms with Crippen molar-refractivity contribution in [3.05, 3.63) is 55.6 Å². The van der Waals surface area contributed by atoms with E-state index >= 15 is 0 Å². The second-order valence-corrected chi connectivity index (χ2v) is 7.29. The van der Waals surface area contributed by atoms with Gasteiger partial charge in [0.25, 0.3) is 0 Å². The van der Waals surface area contributed by atoms with Crippen LogP contribution in [0.3, 0.4) is 0 Å². The molecule has 0 aliphatic carbocycles. The zero-order valence-corrected chi connectivity index (χ0v) is 14.7. The molecule has 0 bridgehead atoms. The van der Waals surface area contributed by atoms with Gasteiger partial charge in [-0.25, -0.2) is 0 Å². The molecule has 2 nitrogen and oxygen atoms in total. The molecule has 1 aromatic carbocycles. The van der Waals surface area contributed by atoms with Gasteiger partial charge in [0, 0.05) is 32.3 Å². The van der Waals surface area contributed by atoms with Gasteiger partial charge in [-0.3, -0.25) is 4.90 Å². The molecule has 1 aromatic heterocycles. The van der Waals surface area contributed by atoms with Gasteiger partial charge in [0.1, 0.15) is 0 Å². The van der Waals surface area contributed by atoms with E-state index in [0.29, 0.717) is 0 Å². The number of thiophene rings is 1. The fourth-order valence-corrected chi connectivity index (χ4v) is 4.18. The van der Waals surface area contributed by atoms with E-state index in [1.165, 1.54) is 4.88 Å². The van der Waals surface area contributed by atoms with Crippen LogP contribution in [0.1, 0.15) is 23.4 Å². The summed E-state index contributed by atoms with van der Waals surface area (Å²) in [5.74, 6) is 0. The first kappa shape index (κ1) is 16.0. The molecule has 0 saturated carbocycles. The van der Waals surface area contributed by atoms with Crippen molar-refractivity contribution in [2.75, 3.05) is 7.05 Å². The van der Waals surface area contributed by atoms with Crippen molar-refractivity contribution in [3.63, 3.8) is 0 Å². The minimum absolute atomic E-state index is 0.00306. The fourth-order valence-electron chi connectivity index (χ4n) is 2.42. The Bertz CT molecular complexity index is 571. The van der Waals surface area contributed by atoms with E-state index < -0.39 is 0 Å². The molecular weight excluding hydrogens is 356 g/mol. The van der Waals surface area contributed by atoms with E-state index in [2.05, 4.69) is 45.4 Å². The van der Waals surface area contributed by atoms with Crippen LogP contribution < -0.4 is 5.73 Å². The number of nitrogens with two attached hydrogens (primary N) is 1. The lowest BCUT2D eigenvalue weighted by Crippen LogP contribution is -2.37. The van der Waals surface area contributed by atoms with Gasteiger partial charge < -0.3 is 5.73 Å². The minimum Gasteiger partial charge on any atom is -0.326 e. The van der Waals surface area contributed by atoms with Gasteiger partial charge in [-0.15, -0.1) is 11.3 Å². The van der Waals surface area contributed by atoms with Crippen molar-refractivity contribution in [1.82, 2.24) is 4.90 Å². The van der Waals surface area contributed by atoms with E-state index in [-0.39, 0.29) is 12.1 Å². The molecule has 108 valence electrons. The van der Waals surface area contributed by atoms with Crippen LogP contribution in [0, 0.1) is 0 Å². The molecule has 0 spiro atoms. The number of hydrogen-bond acceptors (Lipinski definition) is 3. The summed E-state index contributed by atoms with van der Waals surface area (Å²) in [6, 6.07) is 10.2. The summed E-state index contributed by atoms with van der Waals surface area (Å²) in [7, 11) is 2.09. The maximum atomic E-state index is 6.33. The topological polar surface area (TPSA) is 29.3 Å². The summed E-state index contributed by atoms with van der Waals surface area (Å²) in [6.07, 6.45) is 0. The zero-order chi connectivity index (χ0) is 14.7. The van der Waals surface area contributed by atoms with E-state index in [9.17, 15) is 0 Å². The van der Waals surface area contributed by atoms with Crippen molar-refractivity contribution in [2.24, 2.45) is 5.73 Å². The monoisotopic (exact) mass is 372 g/mol. The van der Waals surface area contributed by atoms with Crippen molar-refractivity contribution >= 4 is 38.9 Å². The summed E-state index contributed by atoms with van der Waals surface area (Å²) in [5, 5.41) is 2.87. The lowest BCUT2D eigenvalue weighted by atomic mass is 9.99. The van der Waals surface area contributed by atoms with Crippen LogP contribution in [0.2, 0.25) is 5.02 Å². The molecule has 0 aliphatic heterocycles. The fraction of sp³-hybridized carbons (Fsp3) is 0.333. The highest BCUT2D eigenvalue weighted by Gasteiger charge is 2.23. The van der Waals surface area contributed by atoms with Gasteiger partial charge in [-0.1, -0.05) is 29.8 Å². The third-order valence-electron chi connectivity index (χ3n) is 3.22. The maximum absolute atomic E-state index is 6.33. The predicted octanol–water partition coefficient (Wildman–Crippen LogP) is 4.68. The second kappa shape index (κ2) is 7.05. The predicted molar refractivity (Wildman–Crippen MR) is 91.3 cm³/mol. The molecule has 2 aromatic rings. The summed E-state index contributed by atoms with van der Waals surface area (Å²) >= 11 is 11.6. The first-order chi connectivity index (χ1) is 9.49. The molecule has 0 fully saturated rings. The lowest BCUT2D eigenvalue weighted by Gasteiger charge is -2.31. The van der Waals surface area contributed by atoms with E-state index in [1.807, 2.05) is 25.1 Å². The quantitative estimate of drug-likeness (QED) is 0.824. The van der Waals surface area contributed by atoms with Crippen LogP contribution in [-0.2, 0) is 6.54 Å². The molecule has 0 aliphatic rings. The number of nitrogens with zero attached hydrogens (tertiary/aromatic N) is 1. The Morgan fingerprint density at radius 2 is 2.10 bits per heavy atom. The van der Waals surface area contributed by atoms with Gasteiger partial charge in [-0.05, 0) is 47.6 Å². The largest absolute Gasteiger partial charge is 0.326 e. The molecule has 1 heterocycles. The minimum atomic E-state index is 0.00306. The van der Waals surface area contributed by atoms with Gasteiger partial charge in [-0.2, -0.15) is 0 Å². The zero-order valence-electron chi connectivity index (χ0n) is 11.5. The average Bonchev–Trinajstić information content (AvgIpc) is 2.77. The highest BCUT2D eigenvalue weighted by Crippen LogP contribution is 2.31. The van der Waals surface area contributed by atoms with Crippen molar-refractivity contribution in [1.29, 1.82) is 0 Å². The second-order valence-electron chi connectivity index (χ2n) is 4.97. The SMILES string of the molecule is CC(N)C(c1ccccc1Cl)N(C)Cc1cc(Br)cs1. The number of likely N-dealkylation sites (N-methyl/N-ethyl adjacent to an activating group) is 1. The molecule has 0 saturated heterocycles. The van der Waals surface area contributed by atoms with Gasteiger partial charge in [0.05, 0.1) is 6.04 Å². The highest BCUT2D eigenvalue weighted by atomic mass is 79.9. The highest BCUT2D eigenvalue weighted by molar-refractivity contribution is 9.10. The molecule has 20 heavy (non-hydrogen) atoms. The molecular formula is C15H18BrClN2S. The Morgan fingerprint density at radius 1 is 1.40 bits per heavy atom. The number of rotatable bonds is 5. The standard InChI is InChI=1S/C15H18BrClN2S/c1-10(18)15(13-5-3-4-6-14(13)17)19(2)8-12-7-11(16)9-20-12/h3-7,9-10,15H,8,18H2,1-2H3. The van der Waals surface area contributed by atoms with Crippen LogP contribution >= 0.6 is 38.9 Å². The van der Waals surface area contributed by atoms with Crippen LogP contribution in [-0.4, -0.2) is 18.0 Å². The Kier molecular flexibility index (Phi) is 5.64. The Balaban J connectivity index is 2.22. The van der Waals surface area contributed by atoms with Crippen LogP contribution in [0.5, 0.6) is 0 Å². The van der Waals surface area contributed by atoms with Crippen molar-refractivity contribution in [3.8, 4) is 0 Å². The van der Waals surface area contributed by atoms with E-state index in [4.69, 9.17) is 17.3 Å². The summed E-state index contributed by atoms with van der Waals surface area (Å²) in [5.41, 5.74) is 7.28. The third-order valence-corrected chi connectivity index (χ3v) is 5.25. The van der Waals surface area contributed by atoms with Crippen molar-refractivity contribution < 1.29 is 0 Å². The Morgan fingerprint density at radius 3 is 2.65 bits per heavy atom. The van der Waals surface area contributed by atoms with Crippen LogP contribution in [0.4, 0.5) is 0 Å². The summed E-state index contributed by atoms with van der Waals surface area (Å²) in [4.78, 5) is 3.56. The lowest BCUT2D eigenvalue weighted by molar-refractivity contribution is 0.213. The first-order valence-corrected chi connectivity index (χ1v) is 8.47. The van der Waals surface area contributed by atoms with Crippen molar-refractivity contribution in [2.45, 2.75) is 25.6 Å². The smallest absolute Gasteiger partial charge is 0.0512 e. The normalized spacial score (nSPS) is 14.5. The number of hydrogen-bond donors (Lipinski definition) is 1. The van der Waals surface area contributed by atoms with Gasteiger partial charge in [0.15, 0.2) is 0 Å². The molecule has 2 atom stereocenters. The molecule has 2 rings (SSSR count). The molecule has 0 amide bonds. The first-order valence-electron chi connectivity index (χ1n) is 6.42. The van der Waals surface area contributed by atoms with E-state index in [1.54, 1.807) is 11.3 Å². The summed E-state index contributed by atoms with van der Waals surface area (Å²) < 4.78 is 1.13.